The molecule has 1 aliphatic rings. The van der Waals surface area contributed by atoms with Crippen LogP contribution in [0.15, 0.2) is 53.9 Å². The minimum Gasteiger partial charge on any atom is -0.381 e. The molecule has 0 unspecified atom stereocenters. The van der Waals surface area contributed by atoms with Crippen LogP contribution in [0.5, 0.6) is 0 Å². The molecule has 1 N–H and O–H groups in total. The van der Waals surface area contributed by atoms with Crippen LogP contribution in [0.3, 0.4) is 0 Å². The summed E-state index contributed by atoms with van der Waals surface area (Å²) >= 11 is 0. The molecule has 0 radical (unpaired) electrons. The van der Waals surface area contributed by atoms with Gasteiger partial charge in [-0.15, -0.1) is 0 Å². The van der Waals surface area contributed by atoms with Crippen LogP contribution in [0.2, 0.25) is 0 Å². The number of rotatable bonds is 6. The zero-order valence-electron chi connectivity index (χ0n) is 15.3. The molecule has 2 aromatic carbocycles. The number of ether oxygens (including phenoxy) is 1. The van der Waals surface area contributed by atoms with Crippen LogP contribution in [-0.4, -0.2) is 28.2 Å². The van der Waals surface area contributed by atoms with E-state index in [1.807, 2.05) is 31.2 Å². The van der Waals surface area contributed by atoms with E-state index >= 15 is 0 Å². The number of hydrogen-bond donors (Lipinski definition) is 1. The third-order valence-electron chi connectivity index (χ3n) is 5.04. The molecule has 1 heterocycles. The van der Waals surface area contributed by atoms with Gasteiger partial charge in [-0.3, -0.25) is 0 Å². The minimum absolute atomic E-state index is 0.253. The van der Waals surface area contributed by atoms with E-state index in [2.05, 4.69) is 4.72 Å². The van der Waals surface area contributed by atoms with Gasteiger partial charge in [0, 0.05) is 30.6 Å². The lowest BCUT2D eigenvalue weighted by Crippen LogP contribution is -2.44. The second kappa shape index (κ2) is 8.33. The number of benzene rings is 2. The van der Waals surface area contributed by atoms with E-state index in [9.17, 15) is 12.8 Å². The van der Waals surface area contributed by atoms with E-state index in [-0.39, 0.29) is 12.4 Å². The third-order valence-corrected chi connectivity index (χ3v) is 6.08. The van der Waals surface area contributed by atoms with Crippen molar-refractivity contribution in [3.05, 3.63) is 76.4 Å². The summed E-state index contributed by atoms with van der Waals surface area (Å²) in [4.78, 5) is 0. The standard InChI is InChI=1S/C21H24FNO3S/c1-17-2-4-18(5-3-17)10-15-27(24,25)23-16-21(11-13-26-14-12-21)19-6-8-20(22)9-7-19/h2-10,15,23H,11-14,16H2,1H3/b15-10+. The zero-order chi connectivity index (χ0) is 19.3. The molecule has 0 amide bonds. The number of hydrogen-bond acceptors (Lipinski definition) is 3. The van der Waals surface area contributed by atoms with Crippen LogP contribution >= 0.6 is 0 Å². The maximum absolute atomic E-state index is 13.3. The molecule has 0 bridgehead atoms. The maximum Gasteiger partial charge on any atom is 0.233 e. The smallest absolute Gasteiger partial charge is 0.233 e. The maximum atomic E-state index is 13.3. The fourth-order valence-electron chi connectivity index (χ4n) is 3.27. The van der Waals surface area contributed by atoms with Gasteiger partial charge in [-0.05, 0) is 49.1 Å². The van der Waals surface area contributed by atoms with E-state index in [0.717, 1.165) is 16.7 Å². The van der Waals surface area contributed by atoms with Gasteiger partial charge in [-0.2, -0.15) is 0 Å². The Bertz CT molecular complexity index is 884. The van der Waals surface area contributed by atoms with Crippen molar-refractivity contribution in [3.8, 4) is 0 Å². The molecule has 4 nitrogen and oxygen atoms in total. The number of halogens is 1. The van der Waals surface area contributed by atoms with Crippen molar-refractivity contribution in [2.75, 3.05) is 19.8 Å². The van der Waals surface area contributed by atoms with Crippen molar-refractivity contribution in [1.82, 2.24) is 4.72 Å². The predicted octanol–water partition coefficient (Wildman–Crippen LogP) is 3.77. The third kappa shape index (κ3) is 5.25. The van der Waals surface area contributed by atoms with Gasteiger partial charge in [0.1, 0.15) is 5.82 Å². The van der Waals surface area contributed by atoms with Gasteiger partial charge in [-0.1, -0.05) is 42.0 Å². The van der Waals surface area contributed by atoms with E-state index in [1.54, 1.807) is 18.2 Å². The van der Waals surface area contributed by atoms with Gasteiger partial charge >= 0.3 is 0 Å². The second-order valence-electron chi connectivity index (χ2n) is 6.98. The first-order valence-corrected chi connectivity index (χ1v) is 10.5. The fraction of sp³-hybridized carbons (Fsp3) is 0.333. The molecule has 0 spiro atoms. The molecule has 0 aromatic heterocycles. The molecule has 3 rings (SSSR count). The van der Waals surface area contributed by atoms with Gasteiger partial charge < -0.3 is 4.74 Å². The van der Waals surface area contributed by atoms with Crippen molar-refractivity contribution < 1.29 is 17.5 Å². The Balaban J connectivity index is 1.74. The van der Waals surface area contributed by atoms with Crippen LogP contribution in [-0.2, 0) is 20.2 Å². The highest BCUT2D eigenvalue weighted by molar-refractivity contribution is 7.92. The van der Waals surface area contributed by atoms with Gasteiger partial charge in [-0.25, -0.2) is 17.5 Å². The Morgan fingerprint density at radius 3 is 2.33 bits per heavy atom. The molecule has 0 aliphatic carbocycles. The summed E-state index contributed by atoms with van der Waals surface area (Å²) in [5.41, 5.74) is 2.48. The lowest BCUT2D eigenvalue weighted by Gasteiger charge is -2.37. The molecular weight excluding hydrogens is 365 g/mol. The highest BCUT2D eigenvalue weighted by Gasteiger charge is 2.35. The van der Waals surface area contributed by atoms with Crippen LogP contribution < -0.4 is 4.72 Å². The van der Waals surface area contributed by atoms with Crippen LogP contribution in [0.4, 0.5) is 4.39 Å². The molecular formula is C21H24FNO3S. The Labute approximate surface area is 160 Å². The average Bonchev–Trinajstić information content (AvgIpc) is 2.67. The van der Waals surface area contributed by atoms with E-state index in [0.29, 0.717) is 26.1 Å². The predicted molar refractivity (Wildman–Crippen MR) is 105 cm³/mol. The molecule has 2 aromatic rings. The average molecular weight is 389 g/mol. The van der Waals surface area contributed by atoms with Gasteiger partial charge in [0.15, 0.2) is 0 Å². The summed E-state index contributed by atoms with van der Waals surface area (Å²) < 4.78 is 46.4. The second-order valence-corrected chi connectivity index (χ2v) is 8.63. The zero-order valence-corrected chi connectivity index (χ0v) is 16.1. The number of sulfonamides is 1. The lowest BCUT2D eigenvalue weighted by molar-refractivity contribution is 0.0517. The van der Waals surface area contributed by atoms with Crippen LogP contribution in [0.25, 0.3) is 6.08 Å². The number of nitrogens with one attached hydrogen (secondary N) is 1. The van der Waals surface area contributed by atoms with Crippen molar-refractivity contribution in [2.24, 2.45) is 0 Å². The number of aryl methyl sites for hydroxylation is 1. The van der Waals surface area contributed by atoms with Crippen molar-refractivity contribution >= 4 is 16.1 Å². The van der Waals surface area contributed by atoms with Gasteiger partial charge in [0.05, 0.1) is 0 Å². The van der Waals surface area contributed by atoms with E-state index in [4.69, 9.17) is 4.74 Å². The molecule has 0 atom stereocenters. The molecule has 0 saturated carbocycles. The topological polar surface area (TPSA) is 55.4 Å². The van der Waals surface area contributed by atoms with Crippen molar-refractivity contribution in [2.45, 2.75) is 25.2 Å². The highest BCUT2D eigenvalue weighted by atomic mass is 32.2. The monoisotopic (exact) mass is 389 g/mol. The van der Waals surface area contributed by atoms with Crippen molar-refractivity contribution in [3.63, 3.8) is 0 Å². The Hall–Kier alpha value is -2.02. The first-order chi connectivity index (χ1) is 12.9. The Kier molecular flexibility index (Phi) is 6.09. The van der Waals surface area contributed by atoms with Crippen LogP contribution in [0, 0.1) is 12.7 Å². The summed E-state index contributed by atoms with van der Waals surface area (Å²) in [5, 5.41) is 1.19. The first-order valence-electron chi connectivity index (χ1n) is 8.97. The summed E-state index contributed by atoms with van der Waals surface area (Å²) in [7, 11) is -3.59. The quantitative estimate of drug-likeness (QED) is 0.818. The largest absolute Gasteiger partial charge is 0.381 e. The van der Waals surface area contributed by atoms with E-state index in [1.165, 1.54) is 17.5 Å². The first kappa shape index (κ1) is 19.7. The van der Waals surface area contributed by atoms with Crippen LogP contribution in [0.1, 0.15) is 29.5 Å². The Morgan fingerprint density at radius 2 is 1.70 bits per heavy atom. The van der Waals surface area contributed by atoms with Gasteiger partial charge in [0.25, 0.3) is 0 Å². The minimum atomic E-state index is -3.59. The molecule has 144 valence electrons. The molecule has 1 fully saturated rings. The summed E-state index contributed by atoms with van der Waals surface area (Å²) in [6.45, 7) is 3.34. The van der Waals surface area contributed by atoms with Gasteiger partial charge in [0.2, 0.25) is 10.0 Å². The molecule has 6 heteroatoms. The SMILES string of the molecule is Cc1ccc(/C=C/S(=O)(=O)NCC2(c3ccc(F)cc3)CCOCC2)cc1. The van der Waals surface area contributed by atoms with E-state index < -0.39 is 15.4 Å². The summed E-state index contributed by atoms with van der Waals surface area (Å²) in [6.07, 6.45) is 2.95. The fourth-order valence-corrected chi connectivity index (χ4v) is 4.18. The molecule has 1 saturated heterocycles. The summed E-state index contributed by atoms with van der Waals surface area (Å²) in [5.74, 6) is -0.303. The molecule has 27 heavy (non-hydrogen) atoms. The Morgan fingerprint density at radius 1 is 1.07 bits per heavy atom. The van der Waals surface area contributed by atoms with Crippen molar-refractivity contribution in [1.29, 1.82) is 0 Å². The molecule has 1 aliphatic heterocycles. The lowest BCUT2D eigenvalue weighted by atomic mass is 9.74. The normalized spacial score (nSPS) is 17.3. The highest BCUT2D eigenvalue weighted by Crippen LogP contribution is 2.34. The summed E-state index contributed by atoms with van der Waals surface area (Å²) in [6, 6.07) is 13.9.